The van der Waals surface area contributed by atoms with Crippen LogP contribution in [0.2, 0.25) is 0 Å². The van der Waals surface area contributed by atoms with E-state index in [2.05, 4.69) is 9.82 Å². The first-order valence-corrected chi connectivity index (χ1v) is 11.5. The van der Waals surface area contributed by atoms with E-state index in [4.69, 9.17) is 20.6 Å². The molecule has 0 amide bonds. The Morgan fingerprint density at radius 1 is 1.11 bits per heavy atom. The van der Waals surface area contributed by atoms with Crippen molar-refractivity contribution in [1.82, 2.24) is 9.55 Å². The van der Waals surface area contributed by atoms with Crippen molar-refractivity contribution in [2.24, 2.45) is 5.73 Å². The second-order valence-electron chi connectivity index (χ2n) is 8.04. The molecule has 0 aliphatic rings. The van der Waals surface area contributed by atoms with Gasteiger partial charge < -0.3 is 15.2 Å². The Labute approximate surface area is 212 Å². The SMILES string of the molecule is CCOc1nc2cccc(C(=O)OC(C)O[N+](=O)[O-])c2n1Cc1ccc(-c2ccccc2C(=N)N)cc1. The number of esters is 1. The number of carbonyl (C=O) groups is 1. The lowest BCUT2D eigenvalue weighted by Crippen LogP contribution is -2.21. The summed E-state index contributed by atoms with van der Waals surface area (Å²) in [5, 5.41) is 17.4. The molecular formula is C26H25N5O6. The maximum atomic E-state index is 12.9. The Morgan fingerprint density at radius 3 is 2.49 bits per heavy atom. The number of nitrogen functional groups attached to an aromatic ring is 1. The van der Waals surface area contributed by atoms with Crippen molar-refractivity contribution in [2.45, 2.75) is 26.7 Å². The van der Waals surface area contributed by atoms with Gasteiger partial charge in [-0.05, 0) is 42.7 Å². The molecule has 0 fully saturated rings. The molecule has 11 nitrogen and oxygen atoms in total. The molecule has 1 aromatic heterocycles. The van der Waals surface area contributed by atoms with Gasteiger partial charge in [0.1, 0.15) is 5.84 Å². The maximum absolute atomic E-state index is 12.9. The quantitative estimate of drug-likeness (QED) is 0.0816. The Bertz CT molecular complexity index is 1460. The number of rotatable bonds is 10. The highest BCUT2D eigenvalue weighted by Gasteiger charge is 2.22. The first-order valence-electron chi connectivity index (χ1n) is 11.5. The molecule has 37 heavy (non-hydrogen) atoms. The van der Waals surface area contributed by atoms with Crippen LogP contribution in [0.25, 0.3) is 22.2 Å². The number of hydrogen-bond donors (Lipinski definition) is 2. The smallest absolute Gasteiger partial charge is 0.342 e. The van der Waals surface area contributed by atoms with Crippen molar-refractivity contribution in [3.05, 3.63) is 93.5 Å². The first kappa shape index (κ1) is 25.2. The van der Waals surface area contributed by atoms with Crippen LogP contribution < -0.4 is 10.5 Å². The van der Waals surface area contributed by atoms with Gasteiger partial charge in [-0.15, -0.1) is 10.1 Å². The van der Waals surface area contributed by atoms with Crippen LogP contribution in [0.4, 0.5) is 0 Å². The standard InChI is InChI=1S/C26H25N5O6/c1-3-35-26-29-22-10-6-9-21(25(32)36-16(2)37-31(33)34)23(22)30(26)15-17-11-13-18(14-12-17)19-7-4-5-8-20(19)24(27)28/h4-14,16H,3,15H2,1-2H3,(H3,27,28). The Morgan fingerprint density at radius 2 is 1.81 bits per heavy atom. The van der Waals surface area contributed by atoms with Gasteiger partial charge in [-0.2, -0.15) is 4.98 Å². The number of amidine groups is 1. The lowest BCUT2D eigenvalue weighted by Gasteiger charge is -2.14. The lowest BCUT2D eigenvalue weighted by atomic mass is 9.98. The fraction of sp³-hybridized carbons (Fsp3) is 0.192. The van der Waals surface area contributed by atoms with Crippen LogP contribution in [-0.2, 0) is 16.1 Å². The highest BCUT2D eigenvalue weighted by atomic mass is 17.0. The minimum Gasteiger partial charge on any atom is -0.465 e. The molecule has 0 spiro atoms. The Balaban J connectivity index is 1.70. The fourth-order valence-corrected chi connectivity index (χ4v) is 4.01. The van der Waals surface area contributed by atoms with Crippen LogP contribution in [0, 0.1) is 15.5 Å². The third kappa shape index (κ3) is 5.50. The first-order chi connectivity index (χ1) is 17.8. The average molecular weight is 504 g/mol. The van der Waals surface area contributed by atoms with E-state index in [0.29, 0.717) is 35.8 Å². The number of carbonyl (C=O) groups excluding carboxylic acids is 1. The van der Waals surface area contributed by atoms with Gasteiger partial charge in [-0.25, -0.2) is 4.79 Å². The Kier molecular flexibility index (Phi) is 7.33. The van der Waals surface area contributed by atoms with Crippen molar-refractivity contribution < 1.29 is 24.2 Å². The molecule has 3 N–H and O–H groups in total. The van der Waals surface area contributed by atoms with E-state index in [0.717, 1.165) is 16.7 Å². The summed E-state index contributed by atoms with van der Waals surface area (Å²) < 4.78 is 12.6. The minimum absolute atomic E-state index is 0.0109. The molecule has 0 saturated heterocycles. The zero-order valence-corrected chi connectivity index (χ0v) is 20.2. The van der Waals surface area contributed by atoms with Crippen LogP contribution in [0.15, 0.2) is 66.7 Å². The number of fused-ring (bicyclic) bond motifs is 1. The van der Waals surface area contributed by atoms with Gasteiger partial charge in [-0.1, -0.05) is 54.6 Å². The molecule has 190 valence electrons. The number of para-hydroxylation sites is 1. The summed E-state index contributed by atoms with van der Waals surface area (Å²) in [5.41, 5.74) is 10.2. The van der Waals surface area contributed by atoms with Crippen molar-refractivity contribution in [3.8, 4) is 17.1 Å². The molecule has 1 atom stereocenters. The van der Waals surface area contributed by atoms with Crippen molar-refractivity contribution in [2.75, 3.05) is 6.61 Å². The molecular weight excluding hydrogens is 478 g/mol. The van der Waals surface area contributed by atoms with Crippen molar-refractivity contribution in [1.29, 1.82) is 5.41 Å². The number of benzene rings is 3. The van der Waals surface area contributed by atoms with Crippen LogP contribution in [0.1, 0.15) is 35.3 Å². The molecule has 4 rings (SSSR count). The van der Waals surface area contributed by atoms with Gasteiger partial charge in [0.2, 0.25) is 6.29 Å². The zero-order chi connectivity index (χ0) is 26.5. The Hall–Kier alpha value is -4.93. The number of aromatic nitrogens is 2. The number of imidazole rings is 1. The second-order valence-corrected chi connectivity index (χ2v) is 8.04. The van der Waals surface area contributed by atoms with Crippen LogP contribution in [0.5, 0.6) is 6.01 Å². The molecule has 0 saturated carbocycles. The van der Waals surface area contributed by atoms with E-state index in [1.807, 2.05) is 49.4 Å². The summed E-state index contributed by atoms with van der Waals surface area (Å²) in [5.74, 6) is -0.802. The van der Waals surface area contributed by atoms with E-state index in [9.17, 15) is 14.9 Å². The number of nitrogens with zero attached hydrogens (tertiary/aromatic N) is 3. The van der Waals surface area contributed by atoms with Gasteiger partial charge in [0, 0.05) is 5.56 Å². The van der Waals surface area contributed by atoms with Crippen LogP contribution >= 0.6 is 0 Å². The van der Waals surface area contributed by atoms with E-state index in [1.165, 1.54) is 6.92 Å². The fourth-order valence-electron chi connectivity index (χ4n) is 4.01. The van der Waals surface area contributed by atoms with Crippen LogP contribution in [0.3, 0.4) is 0 Å². The molecule has 3 aromatic carbocycles. The lowest BCUT2D eigenvalue weighted by molar-refractivity contribution is -0.777. The van der Waals surface area contributed by atoms with Gasteiger partial charge in [-0.3, -0.25) is 14.8 Å². The number of hydrogen-bond acceptors (Lipinski definition) is 8. The normalized spacial score (nSPS) is 11.6. The molecule has 4 aromatic rings. The highest BCUT2D eigenvalue weighted by Crippen LogP contribution is 2.28. The molecule has 1 unspecified atom stereocenters. The van der Waals surface area contributed by atoms with E-state index >= 15 is 0 Å². The molecule has 0 aliphatic carbocycles. The highest BCUT2D eigenvalue weighted by molar-refractivity contribution is 6.03. The maximum Gasteiger partial charge on any atom is 0.342 e. The summed E-state index contributed by atoms with van der Waals surface area (Å²) in [7, 11) is 0. The number of ether oxygens (including phenoxy) is 2. The van der Waals surface area contributed by atoms with E-state index < -0.39 is 17.3 Å². The molecule has 0 aliphatic heterocycles. The second kappa shape index (κ2) is 10.8. The zero-order valence-electron chi connectivity index (χ0n) is 20.2. The monoisotopic (exact) mass is 503 g/mol. The molecule has 0 bridgehead atoms. The van der Waals surface area contributed by atoms with E-state index in [-0.39, 0.29) is 11.4 Å². The van der Waals surface area contributed by atoms with Crippen molar-refractivity contribution in [3.63, 3.8) is 0 Å². The molecule has 1 heterocycles. The predicted molar refractivity (Wildman–Crippen MR) is 136 cm³/mol. The van der Waals surface area contributed by atoms with Gasteiger partial charge in [0.15, 0.2) is 0 Å². The topological polar surface area (TPSA) is 156 Å². The number of nitrogens with one attached hydrogen (secondary N) is 1. The van der Waals surface area contributed by atoms with Gasteiger partial charge >= 0.3 is 5.97 Å². The van der Waals surface area contributed by atoms with Crippen LogP contribution in [-0.4, -0.2) is 39.3 Å². The van der Waals surface area contributed by atoms with Gasteiger partial charge in [0.25, 0.3) is 11.1 Å². The summed E-state index contributed by atoms with van der Waals surface area (Å²) in [6.07, 6.45) is -1.38. The number of nitrogens with two attached hydrogens (primary N) is 1. The summed E-state index contributed by atoms with van der Waals surface area (Å²) in [6.45, 7) is 3.77. The summed E-state index contributed by atoms with van der Waals surface area (Å²) in [6, 6.07) is 20.4. The molecule has 11 heteroatoms. The van der Waals surface area contributed by atoms with E-state index in [1.54, 1.807) is 28.8 Å². The minimum atomic E-state index is -1.38. The van der Waals surface area contributed by atoms with Gasteiger partial charge in [0.05, 0.1) is 29.7 Å². The predicted octanol–water partition coefficient (Wildman–Crippen LogP) is 4.15. The summed E-state index contributed by atoms with van der Waals surface area (Å²) >= 11 is 0. The molecule has 0 radical (unpaired) electrons. The van der Waals surface area contributed by atoms with Crippen molar-refractivity contribution >= 4 is 22.8 Å². The largest absolute Gasteiger partial charge is 0.465 e. The third-order valence-electron chi connectivity index (χ3n) is 5.56. The summed E-state index contributed by atoms with van der Waals surface area (Å²) in [4.78, 5) is 32.3. The average Bonchev–Trinajstić information content (AvgIpc) is 3.21. The third-order valence-corrected chi connectivity index (χ3v) is 5.56.